The molecule has 4 nitrogen and oxygen atoms in total. The second-order valence-corrected chi connectivity index (χ2v) is 5.26. The van der Waals surface area contributed by atoms with Crippen LogP contribution in [0.3, 0.4) is 0 Å². The molecular formula is C15H20N2O2. The molecule has 1 aliphatic heterocycles. The second kappa shape index (κ2) is 5.51. The van der Waals surface area contributed by atoms with Gasteiger partial charge in [0.05, 0.1) is 12.4 Å². The number of amidine groups is 1. The van der Waals surface area contributed by atoms with Gasteiger partial charge in [0.25, 0.3) is 0 Å². The molecule has 0 unspecified atom stereocenters. The molecule has 1 saturated carbocycles. The summed E-state index contributed by atoms with van der Waals surface area (Å²) in [6, 6.07) is 5.94. The fraction of sp³-hybridized carbons (Fsp3) is 0.533. The highest BCUT2D eigenvalue weighted by Crippen LogP contribution is 2.32. The minimum absolute atomic E-state index is 0.312. The van der Waals surface area contributed by atoms with Crippen LogP contribution in [0.1, 0.15) is 37.7 Å². The molecule has 0 radical (unpaired) electrons. The fourth-order valence-corrected chi connectivity index (χ4v) is 2.75. The highest BCUT2D eigenvalue weighted by atomic mass is 16.7. The topological polar surface area (TPSA) is 56.8 Å². The number of nitrogens with two attached hydrogens (primary N) is 1. The first kappa shape index (κ1) is 12.3. The normalized spacial score (nSPS) is 19.7. The Labute approximate surface area is 113 Å². The van der Waals surface area contributed by atoms with Gasteiger partial charge in [0.2, 0.25) is 6.79 Å². The lowest BCUT2D eigenvalue weighted by Crippen LogP contribution is -2.25. The molecule has 2 aliphatic rings. The summed E-state index contributed by atoms with van der Waals surface area (Å²) in [5.41, 5.74) is 7.22. The summed E-state index contributed by atoms with van der Waals surface area (Å²) in [6.45, 7) is 0.936. The minimum Gasteiger partial charge on any atom is -0.454 e. The van der Waals surface area contributed by atoms with E-state index in [4.69, 9.17) is 15.2 Å². The zero-order valence-corrected chi connectivity index (χ0v) is 11.1. The largest absolute Gasteiger partial charge is 0.454 e. The van der Waals surface area contributed by atoms with Gasteiger partial charge in [0.1, 0.15) is 0 Å². The summed E-state index contributed by atoms with van der Waals surface area (Å²) < 4.78 is 10.7. The van der Waals surface area contributed by atoms with Crippen molar-refractivity contribution in [3.63, 3.8) is 0 Å². The van der Waals surface area contributed by atoms with Crippen molar-refractivity contribution >= 4 is 5.84 Å². The third-order valence-corrected chi connectivity index (χ3v) is 3.90. The van der Waals surface area contributed by atoms with Crippen LogP contribution in [0.2, 0.25) is 0 Å². The fourth-order valence-electron chi connectivity index (χ4n) is 2.75. The Kier molecular flexibility index (Phi) is 3.58. The van der Waals surface area contributed by atoms with Crippen molar-refractivity contribution in [1.29, 1.82) is 0 Å². The van der Waals surface area contributed by atoms with Crippen LogP contribution < -0.4 is 15.2 Å². The smallest absolute Gasteiger partial charge is 0.231 e. The summed E-state index contributed by atoms with van der Waals surface area (Å²) in [5, 5.41) is 0. The molecule has 102 valence electrons. The number of fused-ring (bicyclic) bond motifs is 1. The van der Waals surface area contributed by atoms with Crippen LogP contribution in [0.15, 0.2) is 23.2 Å². The van der Waals surface area contributed by atoms with Gasteiger partial charge in [-0.2, -0.15) is 0 Å². The van der Waals surface area contributed by atoms with Crippen molar-refractivity contribution in [1.82, 2.24) is 0 Å². The van der Waals surface area contributed by atoms with Crippen LogP contribution in [0.25, 0.3) is 0 Å². The Bertz CT molecular complexity index is 479. The number of nitrogens with zero attached hydrogens (tertiary/aromatic N) is 1. The number of hydrogen-bond donors (Lipinski definition) is 1. The van der Waals surface area contributed by atoms with E-state index < -0.39 is 0 Å². The van der Waals surface area contributed by atoms with Crippen molar-refractivity contribution in [3.8, 4) is 11.5 Å². The van der Waals surface area contributed by atoms with E-state index in [0.29, 0.717) is 19.3 Å². The lowest BCUT2D eigenvalue weighted by Gasteiger charge is -2.20. The zero-order chi connectivity index (χ0) is 13.1. The number of hydrogen-bond acceptors (Lipinski definition) is 3. The van der Waals surface area contributed by atoms with Crippen molar-refractivity contribution in [2.45, 2.75) is 38.6 Å². The minimum atomic E-state index is 0.312. The first-order valence-corrected chi connectivity index (χ1v) is 7.01. The molecule has 1 aromatic carbocycles. The van der Waals surface area contributed by atoms with Crippen molar-refractivity contribution in [3.05, 3.63) is 23.8 Å². The molecule has 4 heteroatoms. The number of aliphatic imine (C=N–C) groups is 1. The van der Waals surface area contributed by atoms with E-state index in [1.807, 2.05) is 18.2 Å². The van der Waals surface area contributed by atoms with E-state index in [-0.39, 0.29) is 0 Å². The van der Waals surface area contributed by atoms with Crippen LogP contribution in [0, 0.1) is 5.92 Å². The van der Waals surface area contributed by atoms with Crippen LogP contribution in [-0.4, -0.2) is 12.6 Å². The number of benzene rings is 1. The highest BCUT2D eigenvalue weighted by molar-refractivity contribution is 5.82. The summed E-state index contributed by atoms with van der Waals surface area (Å²) >= 11 is 0. The first-order valence-electron chi connectivity index (χ1n) is 7.01. The summed E-state index contributed by atoms with van der Waals surface area (Å²) in [4.78, 5) is 4.54. The van der Waals surface area contributed by atoms with Gasteiger partial charge < -0.3 is 15.2 Å². The monoisotopic (exact) mass is 260 g/mol. The van der Waals surface area contributed by atoms with E-state index >= 15 is 0 Å². The SMILES string of the molecule is NC(=NCc1ccc2c(c1)OCO2)C1CCCCC1. The summed E-state index contributed by atoms with van der Waals surface area (Å²) in [5.74, 6) is 2.93. The molecule has 1 aliphatic carbocycles. The molecular weight excluding hydrogens is 240 g/mol. The highest BCUT2D eigenvalue weighted by Gasteiger charge is 2.17. The molecule has 2 N–H and O–H groups in total. The second-order valence-electron chi connectivity index (χ2n) is 5.26. The average Bonchev–Trinajstić information content (AvgIpc) is 2.93. The van der Waals surface area contributed by atoms with Crippen LogP contribution in [0.4, 0.5) is 0 Å². The third kappa shape index (κ3) is 2.83. The molecule has 1 heterocycles. The summed E-state index contributed by atoms with van der Waals surface area (Å²) in [7, 11) is 0. The Morgan fingerprint density at radius 2 is 1.95 bits per heavy atom. The van der Waals surface area contributed by atoms with Gasteiger partial charge in [0.15, 0.2) is 11.5 Å². The van der Waals surface area contributed by atoms with E-state index in [1.54, 1.807) is 0 Å². The maximum Gasteiger partial charge on any atom is 0.231 e. The Morgan fingerprint density at radius 3 is 2.79 bits per heavy atom. The van der Waals surface area contributed by atoms with E-state index in [9.17, 15) is 0 Å². The Hall–Kier alpha value is -1.71. The predicted octanol–water partition coefficient (Wildman–Crippen LogP) is 2.85. The Morgan fingerprint density at radius 1 is 1.16 bits per heavy atom. The standard InChI is InChI=1S/C15H20N2O2/c16-15(12-4-2-1-3-5-12)17-9-11-6-7-13-14(8-11)19-10-18-13/h6-8,12H,1-5,9-10H2,(H2,16,17). The first-order chi connectivity index (χ1) is 9.33. The molecule has 0 spiro atoms. The number of ether oxygens (including phenoxy) is 2. The third-order valence-electron chi connectivity index (χ3n) is 3.90. The Balaban J connectivity index is 1.64. The molecule has 0 atom stereocenters. The molecule has 0 saturated heterocycles. The van der Waals surface area contributed by atoms with Crippen molar-refractivity contribution in [2.75, 3.05) is 6.79 Å². The maximum absolute atomic E-state index is 6.10. The van der Waals surface area contributed by atoms with Crippen molar-refractivity contribution < 1.29 is 9.47 Å². The van der Waals surface area contributed by atoms with E-state index in [2.05, 4.69) is 4.99 Å². The van der Waals surface area contributed by atoms with Gasteiger partial charge in [-0.1, -0.05) is 25.3 Å². The van der Waals surface area contributed by atoms with Crippen LogP contribution in [-0.2, 0) is 6.54 Å². The number of rotatable bonds is 3. The van der Waals surface area contributed by atoms with E-state index in [1.165, 1.54) is 32.1 Å². The van der Waals surface area contributed by atoms with Gasteiger partial charge in [-0.15, -0.1) is 0 Å². The summed E-state index contributed by atoms with van der Waals surface area (Å²) in [6.07, 6.45) is 6.29. The molecule has 3 rings (SSSR count). The van der Waals surface area contributed by atoms with Crippen molar-refractivity contribution in [2.24, 2.45) is 16.6 Å². The maximum atomic E-state index is 6.10. The van der Waals surface area contributed by atoms with E-state index in [0.717, 1.165) is 22.9 Å². The predicted molar refractivity (Wildman–Crippen MR) is 74.5 cm³/mol. The molecule has 0 bridgehead atoms. The van der Waals surface area contributed by atoms with Gasteiger partial charge >= 0.3 is 0 Å². The molecule has 0 aromatic heterocycles. The van der Waals surface area contributed by atoms with Gasteiger partial charge in [0, 0.05) is 5.92 Å². The van der Waals surface area contributed by atoms with Gasteiger partial charge in [-0.25, -0.2) is 0 Å². The zero-order valence-electron chi connectivity index (χ0n) is 11.1. The van der Waals surface area contributed by atoms with Gasteiger partial charge in [-0.3, -0.25) is 4.99 Å². The van der Waals surface area contributed by atoms with Gasteiger partial charge in [-0.05, 0) is 30.5 Å². The quantitative estimate of drug-likeness (QED) is 0.671. The van der Waals surface area contributed by atoms with Crippen LogP contribution in [0.5, 0.6) is 11.5 Å². The molecule has 19 heavy (non-hydrogen) atoms. The molecule has 1 aromatic rings. The average molecular weight is 260 g/mol. The lowest BCUT2D eigenvalue weighted by atomic mass is 9.88. The molecule has 0 amide bonds. The lowest BCUT2D eigenvalue weighted by molar-refractivity contribution is 0.174. The van der Waals surface area contributed by atoms with Crippen LogP contribution >= 0.6 is 0 Å². The molecule has 1 fully saturated rings.